The first-order chi connectivity index (χ1) is 15.8. The van der Waals surface area contributed by atoms with Crippen molar-refractivity contribution in [3.05, 3.63) is 69.9 Å². The van der Waals surface area contributed by atoms with Crippen molar-refractivity contribution in [2.75, 3.05) is 0 Å². The SMILES string of the molecule is CC1=CC2(c3cccs3)[C@@H]3C(=O)OC(=O)[C@@H]3C1(NC(=O)c1ccccc1)[C@@H]1C(=O)OC(=O)[C@@H]12. The first-order valence-corrected chi connectivity index (χ1v) is 11.3. The van der Waals surface area contributed by atoms with E-state index in [1.807, 2.05) is 0 Å². The largest absolute Gasteiger partial charge is 0.393 e. The minimum atomic E-state index is -1.63. The average molecular weight is 463 g/mol. The molecule has 166 valence electrons. The summed E-state index contributed by atoms with van der Waals surface area (Å²) in [6, 6.07) is 11.9. The molecule has 3 heterocycles. The van der Waals surface area contributed by atoms with Crippen molar-refractivity contribution in [2.24, 2.45) is 23.7 Å². The molecular weight excluding hydrogens is 446 g/mol. The second kappa shape index (κ2) is 6.48. The number of carbonyl (C=O) groups is 5. The van der Waals surface area contributed by atoms with Gasteiger partial charge < -0.3 is 14.8 Å². The van der Waals surface area contributed by atoms with Crippen molar-refractivity contribution in [3.63, 3.8) is 0 Å². The summed E-state index contributed by atoms with van der Waals surface area (Å²) in [6.07, 6.45) is 1.76. The van der Waals surface area contributed by atoms with Crippen LogP contribution in [-0.4, -0.2) is 35.3 Å². The van der Waals surface area contributed by atoms with Crippen LogP contribution in [0.4, 0.5) is 0 Å². The van der Waals surface area contributed by atoms with Crippen LogP contribution in [0.2, 0.25) is 0 Å². The molecule has 0 radical (unpaired) electrons. The zero-order valence-electron chi connectivity index (χ0n) is 17.3. The molecule has 33 heavy (non-hydrogen) atoms. The lowest BCUT2D eigenvalue weighted by molar-refractivity contribution is -0.154. The lowest BCUT2D eigenvalue weighted by Crippen LogP contribution is -2.75. The molecule has 2 saturated heterocycles. The monoisotopic (exact) mass is 463 g/mol. The van der Waals surface area contributed by atoms with Crippen LogP contribution in [0.1, 0.15) is 22.2 Å². The summed E-state index contributed by atoms with van der Waals surface area (Å²) >= 11 is 1.32. The number of hydrogen-bond donors (Lipinski definition) is 1. The Morgan fingerprint density at radius 2 is 1.42 bits per heavy atom. The number of rotatable bonds is 3. The van der Waals surface area contributed by atoms with Crippen LogP contribution in [0.5, 0.6) is 0 Å². The fourth-order valence-electron chi connectivity index (χ4n) is 6.38. The molecule has 1 saturated carbocycles. The molecule has 1 amide bonds. The van der Waals surface area contributed by atoms with Crippen molar-refractivity contribution in [1.82, 2.24) is 5.32 Å². The van der Waals surface area contributed by atoms with E-state index in [-0.39, 0.29) is 0 Å². The van der Waals surface area contributed by atoms with E-state index < -0.39 is 64.4 Å². The Morgan fingerprint density at radius 1 is 0.848 bits per heavy atom. The van der Waals surface area contributed by atoms with E-state index in [1.54, 1.807) is 60.8 Å². The third-order valence-electron chi connectivity index (χ3n) is 7.51. The number of cyclic esters (lactones) is 4. The molecular formula is C24H17NO7S. The number of esters is 4. The highest BCUT2D eigenvalue weighted by Gasteiger charge is 2.81. The number of amides is 1. The Balaban J connectivity index is 1.64. The molecule has 8 nitrogen and oxygen atoms in total. The molecule has 1 aromatic carbocycles. The molecule has 6 atom stereocenters. The molecule has 5 aliphatic rings. The molecule has 9 heteroatoms. The molecule has 2 unspecified atom stereocenters. The van der Waals surface area contributed by atoms with Crippen LogP contribution in [0.15, 0.2) is 59.5 Å². The number of thiophene rings is 1. The Bertz CT molecular complexity index is 1240. The van der Waals surface area contributed by atoms with Gasteiger partial charge in [-0.3, -0.25) is 24.0 Å². The average Bonchev–Trinajstić information content (AvgIpc) is 3.50. The van der Waals surface area contributed by atoms with Crippen molar-refractivity contribution in [2.45, 2.75) is 17.9 Å². The molecule has 2 bridgehead atoms. The minimum Gasteiger partial charge on any atom is -0.393 e. The second-order valence-electron chi connectivity index (χ2n) is 8.82. The van der Waals surface area contributed by atoms with E-state index in [2.05, 4.69) is 5.32 Å². The van der Waals surface area contributed by atoms with E-state index in [0.717, 1.165) is 0 Å². The van der Waals surface area contributed by atoms with Crippen LogP contribution in [0, 0.1) is 23.7 Å². The van der Waals surface area contributed by atoms with Gasteiger partial charge in [0.1, 0.15) is 0 Å². The Morgan fingerprint density at radius 3 is 1.97 bits per heavy atom. The Hall–Kier alpha value is -3.59. The van der Waals surface area contributed by atoms with E-state index in [0.29, 0.717) is 16.0 Å². The molecule has 2 aliphatic heterocycles. The minimum absolute atomic E-state index is 0.309. The van der Waals surface area contributed by atoms with Gasteiger partial charge in [0.2, 0.25) is 0 Å². The van der Waals surface area contributed by atoms with Crippen molar-refractivity contribution < 1.29 is 33.4 Å². The van der Waals surface area contributed by atoms with Crippen LogP contribution < -0.4 is 5.32 Å². The summed E-state index contributed by atoms with van der Waals surface area (Å²) in [6.45, 7) is 1.70. The maximum atomic E-state index is 13.3. The molecule has 7 rings (SSSR count). The van der Waals surface area contributed by atoms with E-state index in [1.165, 1.54) is 11.3 Å². The van der Waals surface area contributed by atoms with Gasteiger partial charge in [-0.15, -0.1) is 11.3 Å². The van der Waals surface area contributed by atoms with Crippen LogP contribution in [0.3, 0.4) is 0 Å². The normalized spacial score (nSPS) is 36.1. The predicted molar refractivity (Wildman–Crippen MR) is 113 cm³/mol. The zero-order valence-corrected chi connectivity index (χ0v) is 18.1. The number of nitrogens with one attached hydrogen (secondary N) is 1. The van der Waals surface area contributed by atoms with Crippen LogP contribution >= 0.6 is 11.3 Å². The highest BCUT2D eigenvalue weighted by atomic mass is 32.1. The Labute approximate surface area is 191 Å². The molecule has 1 N–H and O–H groups in total. The fraction of sp³-hybridized carbons (Fsp3) is 0.292. The number of benzene rings is 1. The molecule has 3 fully saturated rings. The summed E-state index contributed by atoms with van der Waals surface area (Å²) in [5.74, 6) is -8.24. The molecule has 2 aromatic rings. The van der Waals surface area contributed by atoms with E-state index in [9.17, 15) is 24.0 Å². The smallest absolute Gasteiger partial charge is 0.320 e. The summed E-state index contributed by atoms with van der Waals surface area (Å²) < 4.78 is 10.2. The number of allylic oxidation sites excluding steroid dienone is 1. The highest BCUT2D eigenvalue weighted by molar-refractivity contribution is 7.10. The van der Waals surface area contributed by atoms with Crippen LogP contribution in [0.25, 0.3) is 0 Å². The third-order valence-corrected chi connectivity index (χ3v) is 8.54. The van der Waals surface area contributed by atoms with Gasteiger partial charge in [0, 0.05) is 10.4 Å². The number of ether oxygens (including phenoxy) is 2. The number of hydrogen-bond acceptors (Lipinski definition) is 8. The van der Waals surface area contributed by atoms with Crippen molar-refractivity contribution in [3.8, 4) is 0 Å². The van der Waals surface area contributed by atoms with Gasteiger partial charge in [0.25, 0.3) is 5.91 Å². The standard InChI is InChI=1S/C24H17NO7S/c1-11-10-23(13-8-5-9-33-13)14-16(21(29)31-19(14)27)24(11,17-15(23)20(28)32-22(17)30)25-18(26)12-6-3-2-4-7-12/h2-10,14-17H,1H3,(H,25,26)/t14-,15+,16+,17-,23?,24?. The van der Waals surface area contributed by atoms with Gasteiger partial charge in [-0.1, -0.05) is 30.3 Å². The lowest BCUT2D eigenvalue weighted by atomic mass is 9.41. The molecule has 0 spiro atoms. The quantitative estimate of drug-likeness (QED) is 0.419. The first-order valence-electron chi connectivity index (χ1n) is 10.4. The second-order valence-corrected chi connectivity index (χ2v) is 9.77. The van der Waals surface area contributed by atoms with Crippen LogP contribution in [-0.2, 0) is 34.1 Å². The van der Waals surface area contributed by atoms with Gasteiger partial charge >= 0.3 is 23.9 Å². The van der Waals surface area contributed by atoms with Gasteiger partial charge in [-0.25, -0.2) is 0 Å². The maximum Gasteiger partial charge on any atom is 0.320 e. The summed E-state index contributed by atoms with van der Waals surface area (Å²) in [5.41, 5.74) is -2.09. The molecule has 3 aliphatic carbocycles. The van der Waals surface area contributed by atoms with Gasteiger partial charge in [-0.05, 0) is 36.1 Å². The Kier molecular flexibility index (Phi) is 3.93. The van der Waals surface area contributed by atoms with Crippen molar-refractivity contribution >= 4 is 41.1 Å². The number of carbonyl (C=O) groups excluding carboxylic acids is 5. The highest BCUT2D eigenvalue weighted by Crippen LogP contribution is 2.67. The van der Waals surface area contributed by atoms with E-state index in [4.69, 9.17) is 9.47 Å². The third kappa shape index (κ3) is 2.27. The first kappa shape index (κ1) is 20.0. The van der Waals surface area contributed by atoms with Crippen molar-refractivity contribution in [1.29, 1.82) is 0 Å². The zero-order chi connectivity index (χ0) is 23.1. The van der Waals surface area contributed by atoms with E-state index >= 15 is 0 Å². The summed E-state index contributed by atoms with van der Waals surface area (Å²) in [4.78, 5) is 66.3. The van der Waals surface area contributed by atoms with Gasteiger partial charge in [0.15, 0.2) is 0 Å². The summed E-state index contributed by atoms with van der Waals surface area (Å²) in [5, 5.41) is 4.68. The van der Waals surface area contributed by atoms with Gasteiger partial charge in [0.05, 0.1) is 34.6 Å². The topological polar surface area (TPSA) is 116 Å². The lowest BCUT2D eigenvalue weighted by Gasteiger charge is -2.59. The molecule has 1 aromatic heterocycles. The summed E-state index contributed by atoms with van der Waals surface area (Å²) in [7, 11) is 0. The van der Waals surface area contributed by atoms with Gasteiger partial charge in [-0.2, -0.15) is 0 Å². The maximum absolute atomic E-state index is 13.3. The fourth-order valence-corrected chi connectivity index (χ4v) is 7.35. The predicted octanol–water partition coefficient (Wildman–Crippen LogP) is 1.76.